The lowest BCUT2D eigenvalue weighted by Gasteiger charge is -2.07. The summed E-state index contributed by atoms with van der Waals surface area (Å²) >= 11 is 0. The fourth-order valence-electron chi connectivity index (χ4n) is 2.49. The Bertz CT molecular complexity index is 875. The van der Waals surface area contributed by atoms with Gasteiger partial charge < -0.3 is 14.3 Å². The Morgan fingerprint density at radius 1 is 1.09 bits per heavy atom. The molecule has 0 aliphatic carbocycles. The van der Waals surface area contributed by atoms with E-state index in [2.05, 4.69) is 0 Å². The lowest BCUT2D eigenvalue weighted by atomic mass is 10.0. The van der Waals surface area contributed by atoms with E-state index in [4.69, 9.17) is 14.3 Å². The van der Waals surface area contributed by atoms with Crippen LogP contribution in [0.1, 0.15) is 23.2 Å². The molecule has 0 bridgehead atoms. The van der Waals surface area contributed by atoms with Crippen LogP contribution in [0.2, 0.25) is 0 Å². The minimum atomic E-state index is -1.00. The number of fused-ring (bicyclic) bond motifs is 3. The van der Waals surface area contributed by atoms with E-state index in [9.17, 15) is 9.59 Å². The van der Waals surface area contributed by atoms with Gasteiger partial charge in [-0.2, -0.15) is 0 Å². The summed E-state index contributed by atoms with van der Waals surface area (Å²) in [5.41, 5.74) is 1.66. The fraction of sp³-hybridized carbons (Fsp3) is 0.176. The molecule has 5 heteroatoms. The number of aliphatic carboxylic acids is 1. The highest BCUT2D eigenvalue weighted by molar-refractivity contribution is 6.09. The van der Waals surface area contributed by atoms with Crippen molar-refractivity contribution in [3.8, 4) is 5.75 Å². The van der Waals surface area contributed by atoms with E-state index in [0.29, 0.717) is 16.9 Å². The van der Waals surface area contributed by atoms with Gasteiger partial charge in [0.25, 0.3) is 0 Å². The maximum atomic E-state index is 12.2. The van der Waals surface area contributed by atoms with E-state index in [0.717, 1.165) is 16.4 Å². The van der Waals surface area contributed by atoms with Crippen molar-refractivity contribution >= 4 is 33.7 Å². The monoisotopic (exact) mass is 298 g/mol. The van der Waals surface area contributed by atoms with Gasteiger partial charge in [0, 0.05) is 17.2 Å². The van der Waals surface area contributed by atoms with Crippen LogP contribution in [0.4, 0.5) is 0 Å². The van der Waals surface area contributed by atoms with E-state index in [1.807, 2.05) is 24.3 Å². The summed E-state index contributed by atoms with van der Waals surface area (Å²) < 4.78 is 11.0. The van der Waals surface area contributed by atoms with Gasteiger partial charge in [0.15, 0.2) is 5.78 Å². The highest BCUT2D eigenvalue weighted by atomic mass is 16.5. The molecule has 22 heavy (non-hydrogen) atoms. The first-order valence-corrected chi connectivity index (χ1v) is 6.84. The van der Waals surface area contributed by atoms with Crippen LogP contribution in [0.3, 0.4) is 0 Å². The zero-order chi connectivity index (χ0) is 15.7. The molecule has 0 spiro atoms. The zero-order valence-corrected chi connectivity index (χ0v) is 12.0. The number of methoxy groups -OCH3 is 1. The molecule has 2 aromatic carbocycles. The number of rotatable bonds is 5. The summed E-state index contributed by atoms with van der Waals surface area (Å²) in [6, 6.07) is 11.0. The minimum Gasteiger partial charge on any atom is -0.496 e. The lowest BCUT2D eigenvalue weighted by molar-refractivity contribution is -0.136. The van der Waals surface area contributed by atoms with E-state index in [1.165, 1.54) is 7.11 Å². The van der Waals surface area contributed by atoms with Gasteiger partial charge in [-0.15, -0.1) is 0 Å². The molecule has 3 rings (SSSR count). The zero-order valence-electron chi connectivity index (χ0n) is 12.0. The third-order valence-corrected chi connectivity index (χ3v) is 3.57. The molecule has 112 valence electrons. The number of carbonyl (C=O) groups excluding carboxylic acids is 1. The first kappa shape index (κ1) is 14.1. The Labute approximate surface area is 126 Å². The standard InChI is InChI=1S/C17H14O5/c1-21-15-8-11-10-4-2-3-5-14(10)22-16(11)9-12(15)13(18)6-7-17(19)20/h2-5,8-9H,6-7H2,1H3,(H,19,20). The molecule has 0 radical (unpaired) electrons. The first-order valence-electron chi connectivity index (χ1n) is 6.84. The number of carbonyl (C=O) groups is 2. The Balaban J connectivity index is 2.12. The summed E-state index contributed by atoms with van der Waals surface area (Å²) in [5, 5.41) is 10.5. The number of hydrogen-bond donors (Lipinski definition) is 1. The van der Waals surface area contributed by atoms with Crippen LogP contribution in [0.25, 0.3) is 21.9 Å². The molecule has 1 heterocycles. The van der Waals surface area contributed by atoms with Crippen LogP contribution < -0.4 is 4.74 Å². The number of hydrogen-bond acceptors (Lipinski definition) is 4. The molecule has 0 amide bonds. The van der Waals surface area contributed by atoms with E-state index >= 15 is 0 Å². The van der Waals surface area contributed by atoms with Gasteiger partial charge >= 0.3 is 5.97 Å². The van der Waals surface area contributed by atoms with Crippen molar-refractivity contribution in [2.45, 2.75) is 12.8 Å². The third kappa shape index (κ3) is 2.41. The van der Waals surface area contributed by atoms with Crippen molar-refractivity contribution in [1.29, 1.82) is 0 Å². The summed E-state index contributed by atoms with van der Waals surface area (Å²) in [5.74, 6) is -0.854. The number of carboxylic acid groups (broad SMARTS) is 1. The molecule has 3 aromatic rings. The molecule has 1 N–H and O–H groups in total. The second-order valence-electron chi connectivity index (χ2n) is 4.96. The highest BCUT2D eigenvalue weighted by Gasteiger charge is 2.17. The first-order chi connectivity index (χ1) is 10.6. The maximum Gasteiger partial charge on any atom is 0.303 e. The topological polar surface area (TPSA) is 76.7 Å². The average molecular weight is 298 g/mol. The van der Waals surface area contributed by atoms with Crippen molar-refractivity contribution in [3.63, 3.8) is 0 Å². The number of furan rings is 1. The smallest absolute Gasteiger partial charge is 0.303 e. The van der Waals surface area contributed by atoms with E-state index in [-0.39, 0.29) is 18.6 Å². The maximum absolute atomic E-state index is 12.2. The van der Waals surface area contributed by atoms with Crippen molar-refractivity contribution in [2.75, 3.05) is 7.11 Å². The summed E-state index contributed by atoms with van der Waals surface area (Å²) in [7, 11) is 1.48. The predicted octanol–water partition coefficient (Wildman–Crippen LogP) is 3.64. The van der Waals surface area contributed by atoms with E-state index in [1.54, 1.807) is 12.1 Å². The number of ketones is 1. The molecular formula is C17H14O5. The van der Waals surface area contributed by atoms with Gasteiger partial charge in [-0.1, -0.05) is 18.2 Å². The van der Waals surface area contributed by atoms with Crippen LogP contribution >= 0.6 is 0 Å². The number of para-hydroxylation sites is 1. The Morgan fingerprint density at radius 2 is 1.86 bits per heavy atom. The van der Waals surface area contributed by atoms with Crippen molar-refractivity contribution in [2.24, 2.45) is 0 Å². The normalized spacial score (nSPS) is 11.0. The second kappa shape index (κ2) is 5.52. The van der Waals surface area contributed by atoms with Gasteiger partial charge in [0.05, 0.1) is 19.1 Å². The predicted molar refractivity (Wildman–Crippen MR) is 81.5 cm³/mol. The highest BCUT2D eigenvalue weighted by Crippen LogP contribution is 2.34. The van der Waals surface area contributed by atoms with Crippen LogP contribution in [0.15, 0.2) is 40.8 Å². The Hall–Kier alpha value is -2.82. The molecule has 5 nitrogen and oxygen atoms in total. The molecule has 0 aliphatic rings. The van der Waals surface area contributed by atoms with Gasteiger partial charge in [-0.25, -0.2) is 0 Å². The molecule has 0 atom stereocenters. The molecule has 0 saturated heterocycles. The van der Waals surface area contributed by atoms with Gasteiger partial charge in [0.2, 0.25) is 0 Å². The minimum absolute atomic E-state index is 0.0720. The van der Waals surface area contributed by atoms with Gasteiger partial charge in [-0.05, 0) is 18.2 Å². The quantitative estimate of drug-likeness (QED) is 0.728. The van der Waals surface area contributed by atoms with Crippen LogP contribution in [0.5, 0.6) is 5.75 Å². The molecule has 0 saturated carbocycles. The van der Waals surface area contributed by atoms with Gasteiger partial charge in [0.1, 0.15) is 16.9 Å². The Morgan fingerprint density at radius 3 is 2.59 bits per heavy atom. The molecular weight excluding hydrogens is 284 g/mol. The molecule has 0 fully saturated rings. The summed E-state index contributed by atoms with van der Waals surface area (Å²) in [6.07, 6.45) is -0.280. The number of Topliss-reactive ketones (excluding diaryl/α,β-unsaturated/α-hetero) is 1. The average Bonchev–Trinajstić information content (AvgIpc) is 2.88. The fourth-order valence-corrected chi connectivity index (χ4v) is 2.49. The number of carboxylic acids is 1. The van der Waals surface area contributed by atoms with Crippen molar-refractivity contribution in [3.05, 3.63) is 42.0 Å². The SMILES string of the molecule is COc1cc2c(cc1C(=O)CCC(=O)O)oc1ccccc12. The number of ether oxygens (including phenoxy) is 1. The molecule has 0 aliphatic heterocycles. The van der Waals surface area contributed by atoms with Crippen LogP contribution in [-0.4, -0.2) is 24.0 Å². The second-order valence-corrected chi connectivity index (χ2v) is 4.96. The molecule has 1 aromatic heterocycles. The number of benzene rings is 2. The van der Waals surface area contributed by atoms with Gasteiger partial charge in [-0.3, -0.25) is 9.59 Å². The van der Waals surface area contributed by atoms with Crippen LogP contribution in [0, 0.1) is 0 Å². The largest absolute Gasteiger partial charge is 0.496 e. The molecule has 0 unspecified atom stereocenters. The van der Waals surface area contributed by atoms with Crippen molar-refractivity contribution < 1.29 is 23.8 Å². The third-order valence-electron chi connectivity index (χ3n) is 3.57. The lowest BCUT2D eigenvalue weighted by Crippen LogP contribution is -2.05. The Kier molecular flexibility index (Phi) is 3.55. The summed E-state index contributed by atoms with van der Waals surface area (Å²) in [4.78, 5) is 22.8. The van der Waals surface area contributed by atoms with E-state index < -0.39 is 5.97 Å². The van der Waals surface area contributed by atoms with Crippen LogP contribution in [-0.2, 0) is 4.79 Å². The summed E-state index contributed by atoms with van der Waals surface area (Å²) in [6.45, 7) is 0. The van der Waals surface area contributed by atoms with Crippen molar-refractivity contribution in [1.82, 2.24) is 0 Å².